The summed E-state index contributed by atoms with van der Waals surface area (Å²) in [5.74, 6) is -1.01. The van der Waals surface area contributed by atoms with Crippen LogP contribution >= 0.6 is 0 Å². The van der Waals surface area contributed by atoms with E-state index in [1.165, 1.54) is 0 Å². The highest BCUT2D eigenvalue weighted by Crippen LogP contribution is 2.19. The van der Waals surface area contributed by atoms with Crippen molar-refractivity contribution in [2.75, 3.05) is 7.05 Å². The summed E-state index contributed by atoms with van der Waals surface area (Å²) in [6.07, 6.45) is 13.1. The molecule has 0 amide bonds. The van der Waals surface area contributed by atoms with Crippen LogP contribution < -0.4 is 0 Å². The molecule has 1 N–H and O–H groups in total. The smallest absolute Gasteiger partial charge is 0.481 e. The third-order valence-electron chi connectivity index (χ3n) is 4.79. The minimum Gasteiger partial charge on any atom is -0.481 e. The molecule has 0 spiro atoms. The SMILES string of the molecule is C[N+]1=C(/C=C/C=C/c2ccccc2)C=C/C1=C/c1ccc(CCC(=O)O)n1B(F)F. The molecule has 0 saturated heterocycles. The maximum Gasteiger partial charge on any atom is 0.677 e. The van der Waals surface area contributed by atoms with Gasteiger partial charge >= 0.3 is 13.4 Å². The van der Waals surface area contributed by atoms with Gasteiger partial charge in [0.2, 0.25) is 11.4 Å². The zero-order valence-electron chi connectivity index (χ0n) is 16.6. The summed E-state index contributed by atoms with van der Waals surface area (Å²) in [7, 11) is -0.870. The molecule has 0 aliphatic carbocycles. The Morgan fingerprint density at radius 1 is 1.10 bits per heavy atom. The third kappa shape index (κ3) is 5.32. The molecular weight excluding hydrogens is 385 g/mol. The highest BCUT2D eigenvalue weighted by atomic mass is 19.2. The van der Waals surface area contributed by atoms with Gasteiger partial charge in [0.25, 0.3) is 0 Å². The van der Waals surface area contributed by atoms with Gasteiger partial charge in [-0.25, -0.2) is 0 Å². The first-order chi connectivity index (χ1) is 14.5. The Morgan fingerprint density at radius 3 is 2.53 bits per heavy atom. The lowest BCUT2D eigenvalue weighted by atomic mass is 10.1. The maximum atomic E-state index is 13.6. The number of nitrogens with zero attached hydrogens (tertiary/aromatic N) is 2. The van der Waals surface area contributed by atoms with Crippen molar-refractivity contribution in [3.8, 4) is 0 Å². The first kappa shape index (κ1) is 21.2. The summed E-state index contributed by atoms with van der Waals surface area (Å²) in [6, 6.07) is 13.1. The fourth-order valence-corrected chi connectivity index (χ4v) is 3.19. The molecule has 0 saturated carbocycles. The Hall–Kier alpha value is -3.48. The van der Waals surface area contributed by atoms with Crippen LogP contribution in [-0.2, 0) is 11.2 Å². The molecule has 2 heterocycles. The van der Waals surface area contributed by atoms with Gasteiger partial charge in [-0.1, -0.05) is 48.6 Å². The highest BCUT2D eigenvalue weighted by molar-refractivity contribution is 6.41. The van der Waals surface area contributed by atoms with Gasteiger partial charge in [0.05, 0.1) is 6.42 Å². The molecule has 2 aromatic rings. The van der Waals surface area contributed by atoms with Gasteiger partial charge in [0.15, 0.2) is 0 Å². The lowest BCUT2D eigenvalue weighted by Crippen LogP contribution is -2.18. The van der Waals surface area contributed by atoms with Gasteiger partial charge in [0.1, 0.15) is 7.05 Å². The number of rotatable bonds is 8. The standard InChI is InChI=1S/C23H21BF2N2O2/c1-27-19(10-6-5-9-18-7-3-2-4-8-18)11-13-21(27)17-22-14-12-20(15-16-23(29)30)28(22)24(25)26/h2-14,17H,15-16H2,1H3/p+1/b9-5+,10-6+. The monoisotopic (exact) mass is 407 g/mol. The highest BCUT2D eigenvalue weighted by Gasteiger charge is 2.25. The van der Waals surface area contributed by atoms with E-state index in [2.05, 4.69) is 0 Å². The first-order valence-corrected chi connectivity index (χ1v) is 9.56. The van der Waals surface area contributed by atoms with Crippen molar-refractivity contribution in [2.24, 2.45) is 0 Å². The quantitative estimate of drug-likeness (QED) is 0.397. The molecule has 30 heavy (non-hydrogen) atoms. The van der Waals surface area contributed by atoms with Crippen LogP contribution in [-0.4, -0.2) is 40.3 Å². The molecule has 0 atom stereocenters. The molecule has 0 fully saturated rings. The number of aryl methyl sites for hydroxylation is 1. The van der Waals surface area contributed by atoms with E-state index in [9.17, 15) is 13.4 Å². The topological polar surface area (TPSA) is 45.2 Å². The van der Waals surface area contributed by atoms with Crippen molar-refractivity contribution in [1.82, 2.24) is 4.48 Å². The summed E-state index contributed by atoms with van der Waals surface area (Å²) in [6.45, 7) is 0. The minimum absolute atomic E-state index is 0.0579. The normalized spacial score (nSPS) is 15.2. The van der Waals surface area contributed by atoms with Crippen molar-refractivity contribution in [3.63, 3.8) is 0 Å². The van der Waals surface area contributed by atoms with Gasteiger partial charge in [-0.15, -0.1) is 0 Å². The van der Waals surface area contributed by atoms with E-state index in [1.807, 2.05) is 78.4 Å². The number of carboxylic acid groups (broad SMARTS) is 1. The molecule has 0 unspecified atom stereocenters. The predicted molar refractivity (Wildman–Crippen MR) is 117 cm³/mol. The summed E-state index contributed by atoms with van der Waals surface area (Å²) in [5, 5.41) is 8.82. The molecule has 0 bridgehead atoms. The number of benzene rings is 1. The second-order valence-corrected chi connectivity index (χ2v) is 6.81. The molecular formula is C23H22BF2N2O2+. The van der Waals surface area contributed by atoms with E-state index in [0.717, 1.165) is 21.5 Å². The van der Waals surface area contributed by atoms with Crippen LogP contribution in [0.4, 0.5) is 8.63 Å². The summed E-state index contributed by atoms with van der Waals surface area (Å²) < 4.78 is 29.9. The van der Waals surface area contributed by atoms with Crippen LogP contribution in [0.3, 0.4) is 0 Å². The molecule has 3 rings (SSSR count). The Bertz CT molecular complexity index is 1060. The molecule has 1 aromatic carbocycles. The van der Waals surface area contributed by atoms with Crippen molar-refractivity contribution in [3.05, 3.63) is 95.5 Å². The van der Waals surface area contributed by atoms with Gasteiger partial charge < -0.3 is 9.58 Å². The number of hydrogen-bond donors (Lipinski definition) is 1. The summed E-state index contributed by atoms with van der Waals surface area (Å²) in [5.41, 5.74) is 3.45. The zero-order chi connectivity index (χ0) is 21.5. The van der Waals surface area contributed by atoms with E-state index in [4.69, 9.17) is 5.11 Å². The van der Waals surface area contributed by atoms with Crippen LogP contribution in [0.2, 0.25) is 0 Å². The molecule has 0 radical (unpaired) electrons. The van der Waals surface area contributed by atoms with Crippen molar-refractivity contribution in [1.29, 1.82) is 0 Å². The van der Waals surface area contributed by atoms with E-state index in [0.29, 0.717) is 11.4 Å². The Balaban J connectivity index is 1.78. The van der Waals surface area contributed by atoms with Crippen LogP contribution in [0.15, 0.2) is 78.5 Å². The predicted octanol–water partition coefficient (Wildman–Crippen LogP) is 4.54. The van der Waals surface area contributed by atoms with Gasteiger partial charge in [-0.2, -0.15) is 4.58 Å². The zero-order valence-corrected chi connectivity index (χ0v) is 16.6. The maximum absolute atomic E-state index is 13.6. The van der Waals surface area contributed by atoms with Gasteiger partial charge in [-0.05, 0) is 24.1 Å². The van der Waals surface area contributed by atoms with Gasteiger partial charge in [-0.3, -0.25) is 13.4 Å². The van der Waals surface area contributed by atoms with Gasteiger partial charge in [0, 0.05) is 35.7 Å². The molecule has 4 nitrogen and oxygen atoms in total. The third-order valence-corrected chi connectivity index (χ3v) is 4.79. The average Bonchev–Trinajstić information content (AvgIpc) is 3.28. The number of aromatic nitrogens is 1. The Labute approximate surface area is 174 Å². The summed E-state index contributed by atoms with van der Waals surface area (Å²) >= 11 is 0. The number of carbonyl (C=O) groups is 1. The van der Waals surface area contributed by atoms with E-state index < -0.39 is 13.4 Å². The molecule has 152 valence electrons. The Kier molecular flexibility index (Phi) is 6.96. The molecule has 7 heteroatoms. The fraction of sp³-hybridized carbons (Fsp3) is 0.130. The number of allylic oxidation sites excluding steroid dienone is 5. The van der Waals surface area contributed by atoms with Crippen LogP contribution in [0, 0.1) is 0 Å². The minimum atomic E-state index is -2.74. The number of halogens is 2. The Morgan fingerprint density at radius 2 is 1.83 bits per heavy atom. The van der Waals surface area contributed by atoms with Crippen molar-refractivity contribution in [2.45, 2.75) is 12.8 Å². The van der Waals surface area contributed by atoms with E-state index in [1.54, 1.807) is 18.2 Å². The van der Waals surface area contributed by atoms with Crippen LogP contribution in [0.1, 0.15) is 23.4 Å². The van der Waals surface area contributed by atoms with Crippen LogP contribution in [0.25, 0.3) is 12.2 Å². The lowest BCUT2D eigenvalue weighted by Gasteiger charge is -2.07. The van der Waals surface area contributed by atoms with E-state index >= 15 is 0 Å². The van der Waals surface area contributed by atoms with E-state index in [-0.39, 0.29) is 12.8 Å². The average molecular weight is 407 g/mol. The molecule has 1 aliphatic rings. The number of carboxylic acids is 1. The number of hydrogen-bond acceptors (Lipinski definition) is 1. The second-order valence-electron chi connectivity index (χ2n) is 6.81. The van der Waals surface area contributed by atoms with Crippen LogP contribution in [0.5, 0.6) is 0 Å². The summed E-state index contributed by atoms with van der Waals surface area (Å²) in [4.78, 5) is 10.8. The fourth-order valence-electron chi connectivity index (χ4n) is 3.19. The van der Waals surface area contributed by atoms with Crippen molar-refractivity contribution >= 4 is 31.2 Å². The number of aliphatic carboxylic acids is 1. The molecule has 1 aromatic heterocycles. The number of likely N-dealkylation sites (N-methyl/N-ethyl adjacent to an activating group) is 1. The second kappa shape index (κ2) is 9.83. The first-order valence-electron chi connectivity index (χ1n) is 9.56. The molecule has 1 aliphatic heterocycles. The lowest BCUT2D eigenvalue weighted by molar-refractivity contribution is -0.431. The van der Waals surface area contributed by atoms with Crippen molar-refractivity contribution < 1.29 is 23.1 Å². The largest absolute Gasteiger partial charge is 0.677 e.